The van der Waals surface area contributed by atoms with Crippen molar-refractivity contribution in [2.75, 3.05) is 0 Å². The molecule has 0 amide bonds. The molecule has 4 atom stereocenters. The standard InChI is InChI=1S/C24H42O3/c1-7-17(4)11-22(6,21(5,8-2)9-3)20(25)27-24-14-18-10-19(15-24)13-23(26,12-18)16-24/h17-19,26H,7-16H2,1-6H3. The molecule has 4 unspecified atom stereocenters. The maximum atomic E-state index is 13.8. The summed E-state index contributed by atoms with van der Waals surface area (Å²) in [5.74, 6) is 1.57. The summed E-state index contributed by atoms with van der Waals surface area (Å²) < 4.78 is 6.48. The van der Waals surface area contributed by atoms with Gasteiger partial charge in [0.2, 0.25) is 0 Å². The first-order valence-corrected chi connectivity index (χ1v) is 11.5. The van der Waals surface area contributed by atoms with Crippen LogP contribution in [0.4, 0.5) is 0 Å². The lowest BCUT2D eigenvalue weighted by Gasteiger charge is -2.60. The number of aliphatic hydroxyl groups is 1. The van der Waals surface area contributed by atoms with Crippen molar-refractivity contribution in [3.63, 3.8) is 0 Å². The molecule has 0 radical (unpaired) electrons. The van der Waals surface area contributed by atoms with Crippen molar-refractivity contribution in [1.29, 1.82) is 0 Å². The molecule has 4 rings (SSSR count). The van der Waals surface area contributed by atoms with Gasteiger partial charge in [-0.05, 0) is 81.5 Å². The zero-order valence-electron chi connectivity index (χ0n) is 18.6. The van der Waals surface area contributed by atoms with E-state index in [2.05, 4.69) is 41.5 Å². The van der Waals surface area contributed by atoms with Crippen LogP contribution in [-0.4, -0.2) is 22.3 Å². The van der Waals surface area contributed by atoms with Gasteiger partial charge in [0.25, 0.3) is 0 Å². The van der Waals surface area contributed by atoms with Crippen LogP contribution in [0.25, 0.3) is 0 Å². The Balaban J connectivity index is 1.86. The smallest absolute Gasteiger partial charge is 0.312 e. The summed E-state index contributed by atoms with van der Waals surface area (Å²) in [7, 11) is 0. The van der Waals surface area contributed by atoms with Crippen LogP contribution < -0.4 is 0 Å². The lowest BCUT2D eigenvalue weighted by atomic mass is 9.52. The molecule has 4 aliphatic rings. The fourth-order valence-corrected chi connectivity index (χ4v) is 7.01. The molecule has 0 aromatic heterocycles. The third-order valence-electron chi connectivity index (χ3n) is 9.08. The maximum Gasteiger partial charge on any atom is 0.312 e. The summed E-state index contributed by atoms with van der Waals surface area (Å²) in [6.45, 7) is 13.3. The number of carbonyl (C=O) groups excluding carboxylic acids is 1. The maximum absolute atomic E-state index is 13.8. The average molecular weight is 379 g/mol. The molecular formula is C24H42O3. The first-order chi connectivity index (χ1) is 12.5. The molecule has 0 aliphatic heterocycles. The van der Waals surface area contributed by atoms with Crippen molar-refractivity contribution in [2.45, 2.75) is 117 Å². The number of hydrogen-bond acceptors (Lipinski definition) is 3. The van der Waals surface area contributed by atoms with E-state index >= 15 is 0 Å². The van der Waals surface area contributed by atoms with Crippen molar-refractivity contribution < 1.29 is 14.6 Å². The van der Waals surface area contributed by atoms with Crippen molar-refractivity contribution in [3.8, 4) is 0 Å². The Morgan fingerprint density at radius 3 is 2.11 bits per heavy atom. The van der Waals surface area contributed by atoms with Gasteiger partial charge in [0, 0.05) is 6.42 Å². The molecule has 0 spiro atoms. The Morgan fingerprint density at radius 1 is 1.11 bits per heavy atom. The first kappa shape index (κ1) is 21.1. The second-order valence-electron chi connectivity index (χ2n) is 11.1. The molecule has 0 heterocycles. The van der Waals surface area contributed by atoms with Crippen molar-refractivity contribution in [1.82, 2.24) is 0 Å². The van der Waals surface area contributed by atoms with E-state index in [1.165, 1.54) is 6.42 Å². The van der Waals surface area contributed by atoms with Crippen molar-refractivity contribution >= 4 is 5.97 Å². The number of rotatable bonds is 8. The Bertz CT molecular complexity index is 550. The van der Waals surface area contributed by atoms with Crippen LogP contribution in [0.1, 0.15) is 106 Å². The number of ether oxygens (including phenoxy) is 1. The largest absolute Gasteiger partial charge is 0.459 e. The van der Waals surface area contributed by atoms with Gasteiger partial charge in [-0.25, -0.2) is 0 Å². The van der Waals surface area contributed by atoms with Gasteiger partial charge < -0.3 is 9.84 Å². The quantitative estimate of drug-likeness (QED) is 0.536. The highest BCUT2D eigenvalue weighted by molar-refractivity contribution is 5.78. The van der Waals surface area contributed by atoms with Gasteiger partial charge in [0.1, 0.15) is 5.60 Å². The van der Waals surface area contributed by atoms with Gasteiger partial charge in [-0.1, -0.05) is 41.0 Å². The minimum Gasteiger partial charge on any atom is -0.459 e. The molecular weight excluding hydrogens is 336 g/mol. The van der Waals surface area contributed by atoms with Crippen LogP contribution in [-0.2, 0) is 9.53 Å². The van der Waals surface area contributed by atoms with E-state index in [0.717, 1.165) is 51.4 Å². The topological polar surface area (TPSA) is 46.5 Å². The fourth-order valence-electron chi connectivity index (χ4n) is 7.01. The Kier molecular flexibility index (Phi) is 5.51. The molecule has 0 aromatic rings. The second kappa shape index (κ2) is 7.04. The minimum absolute atomic E-state index is 0.000417. The highest BCUT2D eigenvalue weighted by Crippen LogP contribution is 2.60. The molecule has 3 heteroatoms. The fraction of sp³-hybridized carbons (Fsp3) is 0.958. The minimum atomic E-state index is -0.587. The predicted octanol–water partition coefficient (Wildman–Crippen LogP) is 5.88. The monoisotopic (exact) mass is 378 g/mol. The molecule has 4 bridgehead atoms. The number of esters is 1. The predicted molar refractivity (Wildman–Crippen MR) is 109 cm³/mol. The number of carbonyl (C=O) groups is 1. The van der Waals surface area contributed by atoms with Crippen LogP contribution in [0, 0.1) is 28.6 Å². The summed E-state index contributed by atoms with van der Waals surface area (Å²) in [6, 6.07) is 0. The van der Waals surface area contributed by atoms with Crippen LogP contribution in [0.15, 0.2) is 0 Å². The van der Waals surface area contributed by atoms with Crippen LogP contribution in [0.5, 0.6) is 0 Å². The zero-order valence-corrected chi connectivity index (χ0v) is 18.6. The molecule has 0 aromatic carbocycles. The molecule has 27 heavy (non-hydrogen) atoms. The van der Waals surface area contributed by atoms with E-state index in [9.17, 15) is 9.90 Å². The van der Waals surface area contributed by atoms with Gasteiger partial charge in [0.15, 0.2) is 0 Å². The van der Waals surface area contributed by atoms with E-state index in [1.54, 1.807) is 0 Å². The second-order valence-corrected chi connectivity index (χ2v) is 11.1. The van der Waals surface area contributed by atoms with Crippen molar-refractivity contribution in [3.05, 3.63) is 0 Å². The van der Waals surface area contributed by atoms with E-state index in [0.29, 0.717) is 24.2 Å². The molecule has 156 valence electrons. The zero-order chi connectivity index (χ0) is 20.1. The van der Waals surface area contributed by atoms with E-state index in [-0.39, 0.29) is 11.4 Å². The summed E-state index contributed by atoms with van der Waals surface area (Å²) in [6.07, 6.45) is 9.55. The Labute approximate surface area is 166 Å². The van der Waals surface area contributed by atoms with E-state index in [1.807, 2.05) is 0 Å². The average Bonchev–Trinajstić information content (AvgIpc) is 2.57. The van der Waals surface area contributed by atoms with Gasteiger partial charge >= 0.3 is 5.97 Å². The normalized spacial score (nSPS) is 38.5. The third-order valence-corrected chi connectivity index (χ3v) is 9.08. The third kappa shape index (κ3) is 3.58. The highest BCUT2D eigenvalue weighted by Gasteiger charge is 2.61. The molecule has 4 saturated carbocycles. The van der Waals surface area contributed by atoms with E-state index in [4.69, 9.17) is 4.74 Å². The summed E-state index contributed by atoms with van der Waals surface area (Å²) in [5.41, 5.74) is -1.53. The molecule has 3 nitrogen and oxygen atoms in total. The molecule has 0 saturated heterocycles. The van der Waals surface area contributed by atoms with Crippen LogP contribution in [0.3, 0.4) is 0 Å². The number of hydrogen-bond donors (Lipinski definition) is 1. The Hall–Kier alpha value is -0.570. The SMILES string of the molecule is CCC(C)CC(C)(C(=O)OC12CC3CC(CC(O)(C3)C1)C2)C(C)(CC)CC. The summed E-state index contributed by atoms with van der Waals surface area (Å²) in [4.78, 5) is 13.8. The summed E-state index contributed by atoms with van der Waals surface area (Å²) in [5, 5.41) is 11.0. The molecule has 1 N–H and O–H groups in total. The Morgan fingerprint density at radius 2 is 1.67 bits per heavy atom. The molecule has 4 aliphatic carbocycles. The van der Waals surface area contributed by atoms with Gasteiger partial charge in [-0.3, -0.25) is 4.79 Å². The first-order valence-electron chi connectivity index (χ1n) is 11.5. The molecule has 4 fully saturated rings. The van der Waals surface area contributed by atoms with Crippen LogP contribution in [0.2, 0.25) is 0 Å². The van der Waals surface area contributed by atoms with Gasteiger partial charge in [0.05, 0.1) is 11.0 Å². The highest BCUT2D eigenvalue weighted by atomic mass is 16.6. The lowest BCUT2D eigenvalue weighted by molar-refractivity contribution is -0.231. The van der Waals surface area contributed by atoms with Crippen molar-refractivity contribution in [2.24, 2.45) is 28.6 Å². The summed E-state index contributed by atoms with van der Waals surface area (Å²) >= 11 is 0. The van der Waals surface area contributed by atoms with E-state index < -0.39 is 16.6 Å². The van der Waals surface area contributed by atoms with Gasteiger partial charge in [-0.2, -0.15) is 0 Å². The lowest BCUT2D eigenvalue weighted by Crippen LogP contribution is -2.61. The van der Waals surface area contributed by atoms with Gasteiger partial charge in [-0.15, -0.1) is 0 Å². The van der Waals surface area contributed by atoms with Crippen LogP contribution >= 0.6 is 0 Å².